The lowest BCUT2D eigenvalue weighted by Crippen LogP contribution is -2.05. The van der Waals surface area contributed by atoms with E-state index in [0.717, 1.165) is 5.56 Å². The zero-order chi connectivity index (χ0) is 19.5. The van der Waals surface area contributed by atoms with Gasteiger partial charge in [0.15, 0.2) is 5.82 Å². The largest absolute Gasteiger partial charge is 0.435 e. The molecular formula is C20H13BF2N4O. The van der Waals surface area contributed by atoms with Gasteiger partial charge >= 0.3 is 6.61 Å². The Balaban J connectivity index is 1.80. The Morgan fingerprint density at radius 1 is 1.00 bits per heavy atom. The van der Waals surface area contributed by atoms with Gasteiger partial charge in [-0.2, -0.15) is 8.78 Å². The number of nitrogens with one attached hydrogen (secondary N) is 1. The van der Waals surface area contributed by atoms with Gasteiger partial charge < -0.3 is 10.1 Å². The minimum atomic E-state index is -2.90. The van der Waals surface area contributed by atoms with Crippen molar-refractivity contribution in [2.24, 2.45) is 0 Å². The minimum absolute atomic E-state index is 0.0466. The number of anilines is 2. The molecule has 0 amide bonds. The van der Waals surface area contributed by atoms with E-state index >= 15 is 0 Å². The lowest BCUT2D eigenvalue weighted by Gasteiger charge is -2.13. The average Bonchev–Trinajstić information content (AvgIpc) is 2.69. The van der Waals surface area contributed by atoms with Crippen molar-refractivity contribution >= 4 is 35.7 Å². The van der Waals surface area contributed by atoms with E-state index in [-0.39, 0.29) is 5.75 Å². The van der Waals surface area contributed by atoms with Gasteiger partial charge in [0.25, 0.3) is 0 Å². The number of pyridine rings is 1. The van der Waals surface area contributed by atoms with E-state index in [1.165, 1.54) is 12.1 Å². The molecule has 0 aliphatic heterocycles. The number of benzene rings is 2. The summed E-state index contributed by atoms with van der Waals surface area (Å²) in [4.78, 5) is 13.3. The van der Waals surface area contributed by atoms with Crippen molar-refractivity contribution in [3.63, 3.8) is 0 Å². The lowest BCUT2D eigenvalue weighted by atomic mass is 9.95. The summed E-state index contributed by atoms with van der Waals surface area (Å²) in [5.41, 5.74) is 2.53. The molecule has 2 aromatic heterocycles. The molecule has 0 aliphatic carbocycles. The van der Waals surface area contributed by atoms with Crippen LogP contribution in [0.15, 0.2) is 67.0 Å². The smallest absolute Gasteiger partial charge is 0.387 e. The molecule has 2 radical (unpaired) electrons. The number of fused-ring (bicyclic) bond motifs is 1. The van der Waals surface area contributed by atoms with Gasteiger partial charge in [-0.15, -0.1) is 0 Å². The Kier molecular flexibility index (Phi) is 4.84. The third-order valence-electron chi connectivity index (χ3n) is 3.96. The maximum atomic E-state index is 12.5. The van der Waals surface area contributed by atoms with E-state index in [1.807, 2.05) is 6.07 Å². The van der Waals surface area contributed by atoms with Gasteiger partial charge in [0.2, 0.25) is 0 Å². The van der Waals surface area contributed by atoms with Crippen LogP contribution in [-0.4, -0.2) is 29.4 Å². The molecule has 4 aromatic rings. The Morgan fingerprint density at radius 2 is 1.89 bits per heavy atom. The Bertz CT molecular complexity index is 1130. The first-order valence-electron chi connectivity index (χ1n) is 8.38. The van der Waals surface area contributed by atoms with Crippen LogP contribution < -0.4 is 15.5 Å². The van der Waals surface area contributed by atoms with Gasteiger partial charge in [-0.05, 0) is 30.3 Å². The third kappa shape index (κ3) is 3.90. The van der Waals surface area contributed by atoms with Crippen LogP contribution in [0.2, 0.25) is 0 Å². The molecule has 0 unspecified atom stereocenters. The first-order chi connectivity index (χ1) is 13.6. The maximum Gasteiger partial charge on any atom is 0.387 e. The topological polar surface area (TPSA) is 59.9 Å². The van der Waals surface area contributed by atoms with Crippen molar-refractivity contribution in [1.82, 2.24) is 15.0 Å². The zero-order valence-corrected chi connectivity index (χ0v) is 14.5. The molecule has 136 valence electrons. The van der Waals surface area contributed by atoms with Crippen molar-refractivity contribution in [2.45, 2.75) is 6.61 Å². The van der Waals surface area contributed by atoms with Gasteiger partial charge in [0.05, 0.1) is 5.52 Å². The molecule has 0 atom stereocenters. The van der Waals surface area contributed by atoms with Crippen LogP contribution in [-0.2, 0) is 0 Å². The minimum Gasteiger partial charge on any atom is -0.435 e. The molecule has 8 heteroatoms. The van der Waals surface area contributed by atoms with Gasteiger partial charge in [0.1, 0.15) is 19.4 Å². The highest BCUT2D eigenvalue weighted by Gasteiger charge is 2.11. The highest BCUT2D eigenvalue weighted by molar-refractivity contribution is 6.33. The lowest BCUT2D eigenvalue weighted by molar-refractivity contribution is -0.0497. The van der Waals surface area contributed by atoms with Gasteiger partial charge in [-0.3, -0.25) is 4.98 Å². The zero-order valence-electron chi connectivity index (χ0n) is 14.5. The normalized spacial score (nSPS) is 11.0. The summed E-state index contributed by atoms with van der Waals surface area (Å²) in [5.74, 6) is 1.02. The van der Waals surface area contributed by atoms with E-state index in [9.17, 15) is 8.78 Å². The summed E-state index contributed by atoms with van der Waals surface area (Å²) < 4.78 is 29.4. The number of nitrogens with zero attached hydrogens (tertiary/aromatic N) is 3. The molecule has 0 spiro atoms. The highest BCUT2D eigenvalue weighted by Crippen LogP contribution is 2.28. The predicted molar refractivity (Wildman–Crippen MR) is 105 cm³/mol. The second kappa shape index (κ2) is 7.60. The molecule has 1 N–H and O–H groups in total. The summed E-state index contributed by atoms with van der Waals surface area (Å²) >= 11 is 0. The molecule has 0 bridgehead atoms. The van der Waals surface area contributed by atoms with Crippen molar-refractivity contribution in [1.29, 1.82) is 0 Å². The summed E-state index contributed by atoms with van der Waals surface area (Å²) in [6.45, 7) is -2.90. The van der Waals surface area contributed by atoms with E-state index in [2.05, 4.69) is 25.0 Å². The molecule has 0 saturated carbocycles. The van der Waals surface area contributed by atoms with Crippen LogP contribution in [0.3, 0.4) is 0 Å². The van der Waals surface area contributed by atoms with Gasteiger partial charge in [-0.25, -0.2) is 9.97 Å². The Labute approximate surface area is 160 Å². The fourth-order valence-electron chi connectivity index (χ4n) is 2.75. The van der Waals surface area contributed by atoms with Crippen molar-refractivity contribution in [3.05, 3.63) is 67.0 Å². The number of hydrogen-bond donors (Lipinski definition) is 1. The van der Waals surface area contributed by atoms with E-state index < -0.39 is 6.61 Å². The number of halogens is 2. The second-order valence-electron chi connectivity index (χ2n) is 5.95. The molecule has 5 nitrogen and oxygen atoms in total. The monoisotopic (exact) mass is 374 g/mol. The standard InChI is InChI=1S/C20H13BF2N4O/c21-13-6-7-17-16(9-13)19(27-18(26-17)12-3-2-8-24-11-12)25-14-4-1-5-15(10-14)28-20(22)23/h1-11,20H,(H,25,26,27). The molecule has 0 fully saturated rings. The number of hydrogen-bond acceptors (Lipinski definition) is 5. The molecule has 2 aromatic carbocycles. The number of ether oxygens (including phenoxy) is 1. The molecule has 28 heavy (non-hydrogen) atoms. The summed E-state index contributed by atoms with van der Waals surface area (Å²) in [7, 11) is 5.92. The van der Waals surface area contributed by atoms with Gasteiger partial charge in [-0.1, -0.05) is 23.7 Å². The van der Waals surface area contributed by atoms with Crippen molar-refractivity contribution in [3.8, 4) is 17.1 Å². The highest BCUT2D eigenvalue weighted by atomic mass is 19.3. The van der Waals surface area contributed by atoms with E-state index in [1.54, 1.807) is 48.8 Å². The summed E-state index contributed by atoms with van der Waals surface area (Å²) in [6, 6.07) is 15.2. The third-order valence-corrected chi connectivity index (χ3v) is 3.96. The van der Waals surface area contributed by atoms with E-state index in [4.69, 9.17) is 7.85 Å². The first kappa shape index (κ1) is 17.8. The Morgan fingerprint density at radius 3 is 2.68 bits per heavy atom. The number of rotatable bonds is 5. The Hall–Kier alpha value is -3.55. The number of aromatic nitrogens is 3. The molecule has 0 aliphatic rings. The number of alkyl halides is 2. The SMILES string of the molecule is [B]c1ccc2nc(-c3cccnc3)nc(Nc3cccc(OC(F)F)c3)c2c1. The van der Waals surface area contributed by atoms with Crippen LogP contribution in [0, 0.1) is 0 Å². The maximum absolute atomic E-state index is 12.5. The van der Waals surface area contributed by atoms with Crippen LogP contribution in [0.4, 0.5) is 20.3 Å². The predicted octanol–water partition coefficient (Wildman–Crippen LogP) is 3.83. The fourth-order valence-corrected chi connectivity index (χ4v) is 2.75. The average molecular weight is 374 g/mol. The van der Waals surface area contributed by atoms with Crippen LogP contribution in [0.5, 0.6) is 5.75 Å². The fraction of sp³-hybridized carbons (Fsp3) is 0.0500. The first-order valence-corrected chi connectivity index (χ1v) is 8.38. The van der Waals surface area contributed by atoms with Crippen LogP contribution in [0.1, 0.15) is 0 Å². The summed E-state index contributed by atoms with van der Waals surface area (Å²) in [5, 5.41) is 3.85. The molecule has 4 rings (SSSR count). The summed E-state index contributed by atoms with van der Waals surface area (Å²) in [6.07, 6.45) is 3.33. The van der Waals surface area contributed by atoms with Crippen LogP contribution in [0.25, 0.3) is 22.3 Å². The van der Waals surface area contributed by atoms with Crippen LogP contribution >= 0.6 is 0 Å². The molecule has 2 heterocycles. The van der Waals surface area contributed by atoms with E-state index in [0.29, 0.717) is 33.7 Å². The van der Waals surface area contributed by atoms with Crippen molar-refractivity contribution in [2.75, 3.05) is 5.32 Å². The van der Waals surface area contributed by atoms with Crippen molar-refractivity contribution < 1.29 is 13.5 Å². The second-order valence-corrected chi connectivity index (χ2v) is 5.95. The van der Waals surface area contributed by atoms with Gasteiger partial charge in [0, 0.05) is 35.1 Å². The molecule has 0 saturated heterocycles. The quantitative estimate of drug-likeness (QED) is 0.538. The molecular weight excluding hydrogens is 361 g/mol.